The molecule has 1 aliphatic heterocycles. The van der Waals surface area contributed by atoms with E-state index in [-0.39, 0.29) is 18.2 Å². The Kier molecular flexibility index (Phi) is 8.00. The number of ether oxygens (including phenoxy) is 2. The number of nitrogens with zero attached hydrogens (tertiary/aromatic N) is 1. The number of carbonyl (C=O) groups is 3. The third-order valence-corrected chi connectivity index (χ3v) is 4.92. The fourth-order valence-corrected chi connectivity index (χ4v) is 3.26. The number of hydrogen-bond donors (Lipinski definition) is 2. The summed E-state index contributed by atoms with van der Waals surface area (Å²) in [4.78, 5) is 38.6. The van der Waals surface area contributed by atoms with Gasteiger partial charge in [0.15, 0.2) is 0 Å². The largest absolute Gasteiger partial charge is 0.491 e. The molecular formula is C23H27N3O5. The molecule has 0 spiro atoms. The second kappa shape index (κ2) is 11.1. The Morgan fingerprint density at radius 3 is 2.48 bits per heavy atom. The second-order valence-electron chi connectivity index (χ2n) is 7.17. The smallest absolute Gasteiger partial charge is 0.269 e. The number of hydrazine groups is 1. The van der Waals surface area contributed by atoms with Crippen LogP contribution in [0.3, 0.4) is 0 Å². The molecule has 1 aliphatic rings. The maximum absolute atomic E-state index is 12.4. The van der Waals surface area contributed by atoms with E-state index in [1.165, 1.54) is 0 Å². The maximum Gasteiger partial charge on any atom is 0.269 e. The van der Waals surface area contributed by atoms with Gasteiger partial charge >= 0.3 is 0 Å². The number of nitrogens with one attached hydrogen (secondary N) is 2. The van der Waals surface area contributed by atoms with Crippen molar-refractivity contribution in [2.75, 3.05) is 26.4 Å². The first-order chi connectivity index (χ1) is 15.1. The third kappa shape index (κ3) is 6.55. The van der Waals surface area contributed by atoms with Gasteiger partial charge in [0.05, 0.1) is 12.5 Å². The highest BCUT2D eigenvalue weighted by atomic mass is 16.5. The highest BCUT2D eigenvalue weighted by Gasteiger charge is 2.34. The van der Waals surface area contributed by atoms with E-state index in [0.717, 1.165) is 5.56 Å². The lowest BCUT2D eigenvalue weighted by atomic mass is 10.1. The van der Waals surface area contributed by atoms with Crippen molar-refractivity contribution in [3.63, 3.8) is 0 Å². The van der Waals surface area contributed by atoms with Crippen LogP contribution in [0.25, 0.3) is 0 Å². The SMILES string of the molecule is CCOCCOc1ccc(C(=O)NNC(=O)C2CC(=O)N(Cc3ccccc3)C2)cc1. The molecule has 0 aromatic heterocycles. The molecule has 1 saturated heterocycles. The van der Waals surface area contributed by atoms with Crippen molar-refractivity contribution >= 4 is 17.7 Å². The Labute approximate surface area is 181 Å². The summed E-state index contributed by atoms with van der Waals surface area (Å²) >= 11 is 0. The Hall–Kier alpha value is -3.39. The molecule has 164 valence electrons. The Morgan fingerprint density at radius 1 is 1.03 bits per heavy atom. The van der Waals surface area contributed by atoms with Crippen LogP contribution in [-0.2, 0) is 20.9 Å². The van der Waals surface area contributed by atoms with E-state index in [2.05, 4.69) is 10.9 Å². The van der Waals surface area contributed by atoms with Crippen molar-refractivity contribution in [3.8, 4) is 5.75 Å². The van der Waals surface area contributed by atoms with Gasteiger partial charge in [-0.3, -0.25) is 25.2 Å². The lowest BCUT2D eigenvalue weighted by molar-refractivity contribution is -0.129. The van der Waals surface area contributed by atoms with Gasteiger partial charge in [0.2, 0.25) is 11.8 Å². The first kappa shape index (κ1) is 22.3. The van der Waals surface area contributed by atoms with E-state index in [1.807, 2.05) is 37.3 Å². The first-order valence-corrected chi connectivity index (χ1v) is 10.3. The Balaban J connectivity index is 1.43. The Bertz CT molecular complexity index is 886. The van der Waals surface area contributed by atoms with Gasteiger partial charge in [0.25, 0.3) is 5.91 Å². The lowest BCUT2D eigenvalue weighted by Crippen LogP contribution is -2.45. The van der Waals surface area contributed by atoms with Crippen LogP contribution in [0, 0.1) is 5.92 Å². The minimum atomic E-state index is -0.502. The monoisotopic (exact) mass is 425 g/mol. The minimum absolute atomic E-state index is 0.0738. The summed E-state index contributed by atoms with van der Waals surface area (Å²) in [6.45, 7) is 4.26. The van der Waals surface area contributed by atoms with Gasteiger partial charge in [-0.25, -0.2) is 0 Å². The molecular weight excluding hydrogens is 398 g/mol. The number of likely N-dealkylation sites (tertiary alicyclic amines) is 1. The molecule has 1 unspecified atom stereocenters. The maximum atomic E-state index is 12.4. The van der Waals surface area contributed by atoms with E-state index in [4.69, 9.17) is 9.47 Å². The van der Waals surface area contributed by atoms with Crippen LogP contribution in [0.1, 0.15) is 29.3 Å². The molecule has 8 heteroatoms. The zero-order valence-corrected chi connectivity index (χ0v) is 17.5. The van der Waals surface area contributed by atoms with E-state index in [1.54, 1.807) is 29.2 Å². The summed E-state index contributed by atoms with van der Waals surface area (Å²) < 4.78 is 10.7. The predicted octanol–water partition coefficient (Wildman–Crippen LogP) is 1.91. The van der Waals surface area contributed by atoms with Gasteiger partial charge in [0.1, 0.15) is 12.4 Å². The van der Waals surface area contributed by atoms with E-state index < -0.39 is 11.8 Å². The molecule has 2 N–H and O–H groups in total. The average molecular weight is 425 g/mol. The molecule has 2 aromatic rings. The molecule has 1 heterocycles. The van der Waals surface area contributed by atoms with Gasteiger partial charge in [0, 0.05) is 31.7 Å². The zero-order chi connectivity index (χ0) is 22.1. The fraction of sp³-hybridized carbons (Fsp3) is 0.348. The van der Waals surface area contributed by atoms with E-state index >= 15 is 0 Å². The van der Waals surface area contributed by atoms with Gasteiger partial charge in [-0.15, -0.1) is 0 Å². The third-order valence-electron chi connectivity index (χ3n) is 4.92. The summed E-state index contributed by atoms with van der Waals surface area (Å²) in [6.07, 6.45) is 0.127. The molecule has 3 rings (SSSR count). The quantitative estimate of drug-likeness (QED) is 0.473. The molecule has 0 bridgehead atoms. The summed E-state index contributed by atoms with van der Waals surface area (Å²) in [5, 5.41) is 0. The van der Waals surface area contributed by atoms with Crippen LogP contribution < -0.4 is 15.6 Å². The zero-order valence-electron chi connectivity index (χ0n) is 17.5. The van der Waals surface area contributed by atoms with Gasteiger partial charge < -0.3 is 14.4 Å². The van der Waals surface area contributed by atoms with Crippen LogP contribution in [0.4, 0.5) is 0 Å². The number of hydrogen-bond acceptors (Lipinski definition) is 5. The molecule has 2 aromatic carbocycles. The molecule has 0 aliphatic carbocycles. The number of amides is 3. The van der Waals surface area contributed by atoms with Crippen molar-refractivity contribution in [3.05, 3.63) is 65.7 Å². The van der Waals surface area contributed by atoms with Crippen LogP contribution in [-0.4, -0.2) is 49.0 Å². The summed E-state index contributed by atoms with van der Waals surface area (Å²) in [6, 6.07) is 16.2. The lowest BCUT2D eigenvalue weighted by Gasteiger charge is -2.16. The number of carbonyl (C=O) groups excluding carboxylic acids is 3. The molecule has 3 amide bonds. The second-order valence-corrected chi connectivity index (χ2v) is 7.17. The molecule has 8 nitrogen and oxygen atoms in total. The molecule has 1 atom stereocenters. The van der Waals surface area contributed by atoms with Crippen molar-refractivity contribution in [2.24, 2.45) is 5.92 Å². The topological polar surface area (TPSA) is 97.0 Å². The van der Waals surface area contributed by atoms with Crippen LogP contribution in [0.5, 0.6) is 5.75 Å². The van der Waals surface area contributed by atoms with Crippen molar-refractivity contribution in [2.45, 2.75) is 19.9 Å². The predicted molar refractivity (Wildman–Crippen MR) is 114 cm³/mol. The Morgan fingerprint density at radius 2 is 1.77 bits per heavy atom. The van der Waals surface area contributed by atoms with Crippen LogP contribution in [0.15, 0.2) is 54.6 Å². The van der Waals surface area contributed by atoms with E-state index in [0.29, 0.717) is 44.2 Å². The van der Waals surface area contributed by atoms with Crippen molar-refractivity contribution in [1.29, 1.82) is 0 Å². The van der Waals surface area contributed by atoms with Gasteiger partial charge in [-0.05, 0) is 36.8 Å². The van der Waals surface area contributed by atoms with Crippen molar-refractivity contribution in [1.82, 2.24) is 15.8 Å². The van der Waals surface area contributed by atoms with Crippen molar-refractivity contribution < 1.29 is 23.9 Å². The molecule has 1 fully saturated rings. The first-order valence-electron chi connectivity index (χ1n) is 10.3. The van der Waals surface area contributed by atoms with Gasteiger partial charge in [-0.2, -0.15) is 0 Å². The number of rotatable bonds is 9. The normalized spacial score (nSPS) is 15.6. The molecule has 0 saturated carbocycles. The standard InChI is InChI=1S/C23H27N3O5/c1-2-30-12-13-31-20-10-8-18(9-11-20)22(28)24-25-23(29)19-14-21(27)26(16-19)15-17-6-4-3-5-7-17/h3-11,19H,2,12-16H2,1H3,(H,24,28)(H,25,29). The summed E-state index contributed by atoms with van der Waals surface area (Å²) in [5.41, 5.74) is 6.22. The average Bonchev–Trinajstić information content (AvgIpc) is 3.16. The highest BCUT2D eigenvalue weighted by Crippen LogP contribution is 2.20. The fourth-order valence-electron chi connectivity index (χ4n) is 3.26. The minimum Gasteiger partial charge on any atom is -0.491 e. The highest BCUT2D eigenvalue weighted by molar-refractivity contribution is 5.96. The van der Waals surface area contributed by atoms with E-state index in [9.17, 15) is 14.4 Å². The summed E-state index contributed by atoms with van der Waals surface area (Å²) in [5.74, 6) is -0.774. The number of benzene rings is 2. The van der Waals surface area contributed by atoms with Crippen LogP contribution >= 0.6 is 0 Å². The summed E-state index contributed by atoms with van der Waals surface area (Å²) in [7, 11) is 0. The molecule has 31 heavy (non-hydrogen) atoms. The van der Waals surface area contributed by atoms with Gasteiger partial charge in [-0.1, -0.05) is 30.3 Å². The molecule has 0 radical (unpaired) electrons. The van der Waals surface area contributed by atoms with Crippen LogP contribution in [0.2, 0.25) is 0 Å².